The molecule has 1 amide bonds. The number of aryl methyl sites for hydroxylation is 1. The van der Waals surface area contributed by atoms with E-state index < -0.39 is 16.1 Å². The number of hydrogen-bond donors (Lipinski definition) is 2. The molecule has 2 unspecified atom stereocenters. The molecule has 7 heteroatoms. The summed E-state index contributed by atoms with van der Waals surface area (Å²) in [4.78, 5) is 15.5. The molecule has 2 aromatic rings. The average molecular weight is 444 g/mol. The minimum absolute atomic E-state index is 0.0229. The maximum absolute atomic E-state index is 13.0. The van der Waals surface area contributed by atoms with Crippen molar-refractivity contribution in [2.24, 2.45) is 5.92 Å². The number of amides is 1. The standard InChI is InChI=1S/C24H33N3O3S/c1-18(2)15-23(26-31(29,30)22-11-9-19(3)10-12-22)24(28)25-21-13-14-27(17-21)16-20-7-5-4-6-8-20/h4-12,18,21,23,26H,13-17H2,1-3H3,(H,25,28). The van der Waals surface area contributed by atoms with Crippen molar-refractivity contribution in [1.29, 1.82) is 0 Å². The molecule has 0 bridgehead atoms. The molecule has 0 saturated carbocycles. The number of sulfonamides is 1. The maximum atomic E-state index is 13.0. The fourth-order valence-electron chi connectivity index (χ4n) is 3.89. The summed E-state index contributed by atoms with van der Waals surface area (Å²) < 4.78 is 28.3. The van der Waals surface area contributed by atoms with Gasteiger partial charge in [-0.15, -0.1) is 0 Å². The Morgan fingerprint density at radius 2 is 1.77 bits per heavy atom. The highest BCUT2D eigenvalue weighted by Crippen LogP contribution is 2.16. The van der Waals surface area contributed by atoms with E-state index >= 15 is 0 Å². The fraction of sp³-hybridized carbons (Fsp3) is 0.458. The van der Waals surface area contributed by atoms with Crippen molar-refractivity contribution in [2.75, 3.05) is 13.1 Å². The number of benzene rings is 2. The number of hydrogen-bond acceptors (Lipinski definition) is 4. The van der Waals surface area contributed by atoms with Crippen molar-refractivity contribution in [3.63, 3.8) is 0 Å². The Balaban J connectivity index is 1.61. The smallest absolute Gasteiger partial charge is 0.241 e. The third-order valence-electron chi connectivity index (χ3n) is 5.52. The summed E-state index contributed by atoms with van der Waals surface area (Å²) >= 11 is 0. The highest BCUT2D eigenvalue weighted by atomic mass is 32.2. The molecule has 31 heavy (non-hydrogen) atoms. The summed E-state index contributed by atoms with van der Waals surface area (Å²) in [5, 5.41) is 3.08. The Labute approximate surface area is 186 Å². The Kier molecular flexibility index (Phi) is 7.86. The van der Waals surface area contributed by atoms with E-state index in [1.54, 1.807) is 24.3 Å². The quantitative estimate of drug-likeness (QED) is 0.624. The molecule has 0 radical (unpaired) electrons. The van der Waals surface area contributed by atoms with Crippen molar-refractivity contribution in [1.82, 2.24) is 14.9 Å². The van der Waals surface area contributed by atoms with Crippen LogP contribution in [0.3, 0.4) is 0 Å². The van der Waals surface area contributed by atoms with Crippen molar-refractivity contribution in [3.05, 3.63) is 65.7 Å². The lowest BCUT2D eigenvalue weighted by Crippen LogP contribution is -2.50. The van der Waals surface area contributed by atoms with E-state index in [0.29, 0.717) is 6.42 Å². The van der Waals surface area contributed by atoms with Crippen LogP contribution in [0.2, 0.25) is 0 Å². The van der Waals surface area contributed by atoms with E-state index in [2.05, 4.69) is 27.1 Å². The van der Waals surface area contributed by atoms with Crippen LogP contribution in [0.5, 0.6) is 0 Å². The zero-order chi connectivity index (χ0) is 22.4. The average Bonchev–Trinajstić information content (AvgIpc) is 3.14. The molecule has 1 heterocycles. The van der Waals surface area contributed by atoms with Crippen molar-refractivity contribution in [2.45, 2.75) is 57.1 Å². The van der Waals surface area contributed by atoms with Crippen LogP contribution in [-0.2, 0) is 21.4 Å². The van der Waals surface area contributed by atoms with Gasteiger partial charge in [-0.05, 0) is 43.4 Å². The summed E-state index contributed by atoms with van der Waals surface area (Å²) in [5.74, 6) is -0.0782. The molecule has 1 aliphatic heterocycles. The molecule has 2 atom stereocenters. The van der Waals surface area contributed by atoms with Crippen LogP contribution < -0.4 is 10.0 Å². The Morgan fingerprint density at radius 1 is 1.10 bits per heavy atom. The summed E-state index contributed by atoms with van der Waals surface area (Å²) in [5.41, 5.74) is 2.23. The Morgan fingerprint density at radius 3 is 2.42 bits per heavy atom. The third-order valence-corrected chi connectivity index (χ3v) is 7.01. The van der Waals surface area contributed by atoms with Crippen LogP contribution in [-0.4, -0.2) is 44.4 Å². The molecule has 2 N–H and O–H groups in total. The fourth-order valence-corrected chi connectivity index (χ4v) is 5.10. The van der Waals surface area contributed by atoms with Crippen LogP contribution >= 0.6 is 0 Å². The van der Waals surface area contributed by atoms with E-state index in [9.17, 15) is 13.2 Å². The number of carbonyl (C=O) groups is 1. The van der Waals surface area contributed by atoms with Crippen LogP contribution in [0.4, 0.5) is 0 Å². The molecule has 0 spiro atoms. The van der Waals surface area contributed by atoms with E-state index in [1.165, 1.54) is 5.56 Å². The van der Waals surface area contributed by atoms with Gasteiger partial charge in [-0.1, -0.05) is 61.9 Å². The van der Waals surface area contributed by atoms with E-state index in [1.807, 2.05) is 39.0 Å². The SMILES string of the molecule is Cc1ccc(S(=O)(=O)NC(CC(C)C)C(=O)NC2CCN(Cc3ccccc3)C2)cc1. The molecular weight excluding hydrogens is 410 g/mol. The van der Waals surface area contributed by atoms with Gasteiger partial charge < -0.3 is 5.32 Å². The predicted molar refractivity (Wildman–Crippen MR) is 123 cm³/mol. The zero-order valence-electron chi connectivity index (χ0n) is 18.5. The molecule has 1 fully saturated rings. The van der Waals surface area contributed by atoms with Gasteiger partial charge in [0.25, 0.3) is 0 Å². The molecule has 1 saturated heterocycles. The highest BCUT2D eigenvalue weighted by molar-refractivity contribution is 7.89. The van der Waals surface area contributed by atoms with Gasteiger partial charge in [0, 0.05) is 25.7 Å². The second kappa shape index (κ2) is 10.4. The van der Waals surface area contributed by atoms with E-state index in [4.69, 9.17) is 0 Å². The van der Waals surface area contributed by atoms with Gasteiger partial charge in [-0.2, -0.15) is 4.72 Å². The number of nitrogens with one attached hydrogen (secondary N) is 2. The Hall–Kier alpha value is -2.22. The first-order valence-corrected chi connectivity index (χ1v) is 12.4. The van der Waals surface area contributed by atoms with Crippen LogP contribution in [0.1, 0.15) is 37.8 Å². The molecule has 3 rings (SSSR count). The zero-order valence-corrected chi connectivity index (χ0v) is 19.4. The molecule has 6 nitrogen and oxygen atoms in total. The van der Waals surface area contributed by atoms with Gasteiger partial charge in [0.2, 0.25) is 15.9 Å². The Bertz CT molecular complexity index is 959. The minimum atomic E-state index is -3.77. The third kappa shape index (κ3) is 6.89. The molecule has 0 aromatic heterocycles. The first-order chi connectivity index (χ1) is 14.7. The number of carbonyl (C=O) groups excluding carboxylic acids is 1. The first-order valence-electron chi connectivity index (χ1n) is 10.9. The van der Waals surface area contributed by atoms with Gasteiger partial charge in [-0.25, -0.2) is 8.42 Å². The number of likely N-dealkylation sites (tertiary alicyclic amines) is 1. The van der Waals surface area contributed by atoms with Crippen molar-refractivity contribution < 1.29 is 13.2 Å². The molecule has 168 valence electrons. The van der Waals surface area contributed by atoms with Crippen LogP contribution in [0.15, 0.2) is 59.5 Å². The van der Waals surface area contributed by atoms with E-state index in [-0.39, 0.29) is 22.8 Å². The lowest BCUT2D eigenvalue weighted by Gasteiger charge is -2.23. The maximum Gasteiger partial charge on any atom is 0.241 e. The molecule has 2 aromatic carbocycles. The van der Waals surface area contributed by atoms with Crippen LogP contribution in [0, 0.1) is 12.8 Å². The number of nitrogens with zero attached hydrogens (tertiary/aromatic N) is 1. The highest BCUT2D eigenvalue weighted by Gasteiger charge is 2.30. The lowest BCUT2D eigenvalue weighted by molar-refractivity contribution is -0.123. The largest absolute Gasteiger partial charge is 0.351 e. The molecular formula is C24H33N3O3S. The van der Waals surface area contributed by atoms with Crippen molar-refractivity contribution >= 4 is 15.9 Å². The van der Waals surface area contributed by atoms with Gasteiger partial charge in [0.05, 0.1) is 4.90 Å². The topological polar surface area (TPSA) is 78.5 Å². The monoisotopic (exact) mass is 443 g/mol. The lowest BCUT2D eigenvalue weighted by atomic mass is 10.0. The minimum Gasteiger partial charge on any atom is -0.351 e. The van der Waals surface area contributed by atoms with E-state index in [0.717, 1.165) is 31.6 Å². The second-order valence-corrected chi connectivity index (χ2v) is 10.5. The van der Waals surface area contributed by atoms with Crippen LogP contribution in [0.25, 0.3) is 0 Å². The first kappa shape index (κ1) is 23.4. The van der Waals surface area contributed by atoms with Gasteiger partial charge in [0.15, 0.2) is 0 Å². The normalized spacial score (nSPS) is 18.3. The van der Waals surface area contributed by atoms with Gasteiger partial charge in [-0.3, -0.25) is 9.69 Å². The second-order valence-electron chi connectivity index (χ2n) is 8.83. The van der Waals surface area contributed by atoms with Gasteiger partial charge >= 0.3 is 0 Å². The van der Waals surface area contributed by atoms with Gasteiger partial charge in [0.1, 0.15) is 6.04 Å². The predicted octanol–water partition coefficient (Wildman–Crippen LogP) is 3.08. The summed E-state index contributed by atoms with van der Waals surface area (Å²) in [7, 11) is -3.77. The number of rotatable bonds is 9. The van der Waals surface area contributed by atoms with Crippen molar-refractivity contribution in [3.8, 4) is 0 Å². The molecule has 0 aliphatic carbocycles. The summed E-state index contributed by atoms with van der Waals surface area (Å²) in [6.45, 7) is 8.39. The summed E-state index contributed by atoms with van der Waals surface area (Å²) in [6.07, 6.45) is 1.30. The summed E-state index contributed by atoms with van der Waals surface area (Å²) in [6, 6.07) is 16.1. The molecule has 1 aliphatic rings.